The first-order valence-electron chi connectivity index (χ1n) is 6.19. The summed E-state index contributed by atoms with van der Waals surface area (Å²) in [4.78, 5) is 2.45. The Bertz CT molecular complexity index is 413. The standard InChI is InChI=1S/C14H21BrN2/c1-10(16)11-4-5-13(12(15)8-11)17-7-6-14(2,3)9-17/h4-5,8,10H,6-7,9,16H2,1-3H3/t10-/m1/s1. The lowest BCUT2D eigenvalue weighted by Crippen LogP contribution is -2.23. The normalized spacial score (nSPS) is 20.6. The van der Waals surface area contributed by atoms with Gasteiger partial charge in [-0.2, -0.15) is 0 Å². The lowest BCUT2D eigenvalue weighted by Gasteiger charge is -2.23. The Morgan fingerprint density at radius 1 is 1.41 bits per heavy atom. The van der Waals surface area contributed by atoms with E-state index in [0.717, 1.165) is 17.6 Å². The highest BCUT2D eigenvalue weighted by Gasteiger charge is 2.30. The van der Waals surface area contributed by atoms with Gasteiger partial charge in [0.15, 0.2) is 0 Å². The minimum atomic E-state index is 0.0929. The fraction of sp³-hybridized carbons (Fsp3) is 0.571. The quantitative estimate of drug-likeness (QED) is 0.901. The van der Waals surface area contributed by atoms with Crippen molar-refractivity contribution in [3.63, 3.8) is 0 Å². The molecule has 0 bridgehead atoms. The van der Waals surface area contributed by atoms with Crippen molar-refractivity contribution in [2.45, 2.75) is 33.2 Å². The molecule has 1 aliphatic rings. The maximum Gasteiger partial charge on any atom is 0.0511 e. The molecule has 0 aromatic heterocycles. The highest BCUT2D eigenvalue weighted by atomic mass is 79.9. The van der Waals surface area contributed by atoms with Gasteiger partial charge in [0, 0.05) is 23.6 Å². The third kappa shape index (κ3) is 2.83. The Hall–Kier alpha value is -0.540. The Morgan fingerprint density at radius 2 is 2.12 bits per heavy atom. The third-order valence-corrected chi connectivity index (χ3v) is 4.15. The molecule has 1 atom stereocenters. The van der Waals surface area contributed by atoms with Crippen molar-refractivity contribution in [2.75, 3.05) is 18.0 Å². The van der Waals surface area contributed by atoms with E-state index < -0.39 is 0 Å². The predicted octanol–water partition coefficient (Wildman–Crippen LogP) is 3.71. The van der Waals surface area contributed by atoms with Gasteiger partial charge in [-0.1, -0.05) is 19.9 Å². The van der Waals surface area contributed by atoms with Gasteiger partial charge in [0.2, 0.25) is 0 Å². The van der Waals surface area contributed by atoms with Crippen LogP contribution < -0.4 is 10.6 Å². The minimum Gasteiger partial charge on any atom is -0.370 e. The van der Waals surface area contributed by atoms with Crippen LogP contribution >= 0.6 is 15.9 Å². The van der Waals surface area contributed by atoms with Gasteiger partial charge in [0.1, 0.15) is 0 Å². The van der Waals surface area contributed by atoms with E-state index >= 15 is 0 Å². The van der Waals surface area contributed by atoms with Crippen LogP contribution in [0.5, 0.6) is 0 Å². The zero-order valence-electron chi connectivity index (χ0n) is 10.8. The molecule has 0 spiro atoms. The first-order valence-corrected chi connectivity index (χ1v) is 6.98. The monoisotopic (exact) mass is 296 g/mol. The highest BCUT2D eigenvalue weighted by molar-refractivity contribution is 9.10. The van der Waals surface area contributed by atoms with Crippen LogP contribution in [-0.4, -0.2) is 13.1 Å². The van der Waals surface area contributed by atoms with Crippen LogP contribution in [0.3, 0.4) is 0 Å². The zero-order valence-corrected chi connectivity index (χ0v) is 12.4. The lowest BCUT2D eigenvalue weighted by molar-refractivity contribution is 0.418. The smallest absolute Gasteiger partial charge is 0.0511 e. The van der Waals surface area contributed by atoms with Crippen molar-refractivity contribution in [1.82, 2.24) is 0 Å². The molecule has 0 saturated carbocycles. The van der Waals surface area contributed by atoms with Crippen molar-refractivity contribution in [3.05, 3.63) is 28.2 Å². The van der Waals surface area contributed by atoms with Crippen molar-refractivity contribution in [1.29, 1.82) is 0 Å². The van der Waals surface area contributed by atoms with E-state index in [4.69, 9.17) is 5.73 Å². The molecule has 1 heterocycles. The van der Waals surface area contributed by atoms with E-state index in [0.29, 0.717) is 5.41 Å². The molecule has 2 N–H and O–H groups in total. The van der Waals surface area contributed by atoms with E-state index in [1.807, 2.05) is 6.92 Å². The van der Waals surface area contributed by atoms with Gasteiger partial charge in [0.25, 0.3) is 0 Å². The van der Waals surface area contributed by atoms with Gasteiger partial charge in [-0.05, 0) is 52.4 Å². The van der Waals surface area contributed by atoms with E-state index in [-0.39, 0.29) is 6.04 Å². The second-order valence-corrected chi connectivity index (χ2v) is 6.69. The van der Waals surface area contributed by atoms with E-state index in [2.05, 4.69) is 52.9 Å². The van der Waals surface area contributed by atoms with Gasteiger partial charge >= 0.3 is 0 Å². The Balaban J connectivity index is 2.23. The highest BCUT2D eigenvalue weighted by Crippen LogP contribution is 2.36. The summed E-state index contributed by atoms with van der Waals surface area (Å²) in [6, 6.07) is 6.56. The number of nitrogens with two attached hydrogens (primary N) is 1. The fourth-order valence-electron chi connectivity index (χ4n) is 2.38. The summed E-state index contributed by atoms with van der Waals surface area (Å²) in [6.07, 6.45) is 1.26. The summed E-state index contributed by atoms with van der Waals surface area (Å²) in [7, 11) is 0. The summed E-state index contributed by atoms with van der Waals surface area (Å²) >= 11 is 3.67. The summed E-state index contributed by atoms with van der Waals surface area (Å²) in [5.74, 6) is 0. The summed E-state index contributed by atoms with van der Waals surface area (Å²) < 4.78 is 1.16. The number of nitrogens with zero attached hydrogens (tertiary/aromatic N) is 1. The van der Waals surface area contributed by atoms with E-state index in [9.17, 15) is 0 Å². The van der Waals surface area contributed by atoms with Crippen LogP contribution in [0.2, 0.25) is 0 Å². The largest absolute Gasteiger partial charge is 0.370 e. The van der Waals surface area contributed by atoms with Crippen molar-refractivity contribution < 1.29 is 0 Å². The molecule has 0 unspecified atom stereocenters. The molecule has 17 heavy (non-hydrogen) atoms. The molecular formula is C14H21BrN2. The van der Waals surface area contributed by atoms with Crippen molar-refractivity contribution in [2.24, 2.45) is 11.1 Å². The van der Waals surface area contributed by atoms with Crippen LogP contribution in [0, 0.1) is 5.41 Å². The van der Waals surface area contributed by atoms with Gasteiger partial charge < -0.3 is 10.6 Å². The molecule has 1 fully saturated rings. The minimum absolute atomic E-state index is 0.0929. The molecule has 0 radical (unpaired) electrons. The van der Waals surface area contributed by atoms with Crippen molar-refractivity contribution >= 4 is 21.6 Å². The molecular weight excluding hydrogens is 276 g/mol. The topological polar surface area (TPSA) is 29.3 Å². The average molecular weight is 297 g/mol. The van der Waals surface area contributed by atoms with Crippen LogP contribution in [0.1, 0.15) is 38.8 Å². The molecule has 1 aliphatic heterocycles. The predicted molar refractivity (Wildman–Crippen MR) is 77.4 cm³/mol. The van der Waals surface area contributed by atoms with Crippen molar-refractivity contribution in [3.8, 4) is 0 Å². The van der Waals surface area contributed by atoms with E-state index in [1.54, 1.807) is 0 Å². The van der Waals surface area contributed by atoms with Gasteiger partial charge in [0.05, 0.1) is 5.69 Å². The first kappa shape index (κ1) is 12.9. The lowest BCUT2D eigenvalue weighted by atomic mass is 9.93. The van der Waals surface area contributed by atoms with Crippen LogP contribution in [0.15, 0.2) is 22.7 Å². The second kappa shape index (κ2) is 4.62. The maximum atomic E-state index is 5.89. The first-order chi connectivity index (χ1) is 7.89. The van der Waals surface area contributed by atoms with Crippen LogP contribution in [0.4, 0.5) is 5.69 Å². The van der Waals surface area contributed by atoms with Crippen LogP contribution in [-0.2, 0) is 0 Å². The Kier molecular flexibility index (Phi) is 3.50. The SMILES string of the molecule is C[C@@H](N)c1ccc(N2CCC(C)(C)C2)c(Br)c1. The molecule has 0 amide bonds. The van der Waals surface area contributed by atoms with E-state index in [1.165, 1.54) is 17.7 Å². The molecule has 94 valence electrons. The number of hydrogen-bond acceptors (Lipinski definition) is 2. The Labute approximate surface area is 112 Å². The number of benzene rings is 1. The number of hydrogen-bond donors (Lipinski definition) is 1. The number of anilines is 1. The summed E-state index contributed by atoms with van der Waals surface area (Å²) in [5.41, 5.74) is 8.80. The molecule has 1 aromatic carbocycles. The average Bonchev–Trinajstić information content (AvgIpc) is 2.58. The van der Waals surface area contributed by atoms with Crippen LogP contribution in [0.25, 0.3) is 0 Å². The zero-order chi connectivity index (χ0) is 12.6. The second-order valence-electron chi connectivity index (χ2n) is 5.84. The molecule has 2 rings (SSSR count). The molecule has 1 aromatic rings. The fourth-order valence-corrected chi connectivity index (χ4v) is 3.03. The van der Waals surface area contributed by atoms with Gasteiger partial charge in [-0.3, -0.25) is 0 Å². The molecule has 3 heteroatoms. The maximum absolute atomic E-state index is 5.89. The summed E-state index contributed by atoms with van der Waals surface area (Å²) in [6.45, 7) is 8.95. The Morgan fingerprint density at radius 3 is 2.59 bits per heavy atom. The molecule has 1 saturated heterocycles. The van der Waals surface area contributed by atoms with Gasteiger partial charge in [-0.15, -0.1) is 0 Å². The third-order valence-electron chi connectivity index (χ3n) is 3.52. The van der Waals surface area contributed by atoms with Gasteiger partial charge in [-0.25, -0.2) is 0 Å². The molecule has 0 aliphatic carbocycles. The summed E-state index contributed by atoms with van der Waals surface area (Å²) in [5, 5.41) is 0. The number of rotatable bonds is 2. The number of halogens is 1. The molecule has 2 nitrogen and oxygen atoms in total.